The lowest BCUT2D eigenvalue weighted by molar-refractivity contribution is -0.870. The Balaban J connectivity index is 4.07. The molecule has 0 rings (SSSR count). The van der Waals surface area contributed by atoms with Crippen LogP contribution in [0.15, 0.2) is 170 Å². The van der Waals surface area contributed by atoms with E-state index in [0.29, 0.717) is 17.4 Å². The molecule has 0 aliphatic rings. The SMILES string of the molecule is CC/C=C\C/C=C\C/C=C\C/C=C\C/C=C\C/C=C\C/C=C\CCCCCCCCCCCCCCCCCCCCCC(=O)OC(COC(=O)CCCCCCCCCCC/C=C\C/C=C\C/C=C\C/C=C\C/C=C\C/C=C\C/C=C\CC)COC(OCC[N+](C)(C)C)C(=O)[O-]. The summed E-state index contributed by atoms with van der Waals surface area (Å²) in [5.74, 6) is -2.29. The highest BCUT2D eigenvalue weighted by atomic mass is 16.7. The Bertz CT molecular complexity index is 2210. The Morgan fingerprint density at radius 1 is 0.309 bits per heavy atom. The summed E-state index contributed by atoms with van der Waals surface area (Å²) in [4.78, 5) is 37.6. The van der Waals surface area contributed by atoms with E-state index in [9.17, 15) is 19.5 Å². The predicted molar refractivity (Wildman–Crippen MR) is 416 cm³/mol. The smallest absolute Gasteiger partial charge is 0.306 e. The van der Waals surface area contributed by atoms with Crippen LogP contribution in [0.5, 0.6) is 0 Å². The van der Waals surface area contributed by atoms with Gasteiger partial charge in [-0.05, 0) is 128 Å². The van der Waals surface area contributed by atoms with E-state index in [0.717, 1.165) is 141 Å². The molecular weight excluding hydrogens is 1200 g/mol. The first-order valence-electron chi connectivity index (χ1n) is 39.3. The normalized spacial score (nSPS) is 13.6. The third-order valence-corrected chi connectivity index (χ3v) is 16.5. The van der Waals surface area contributed by atoms with E-state index >= 15 is 0 Å². The Morgan fingerprint density at radius 3 is 0.825 bits per heavy atom. The molecule has 2 unspecified atom stereocenters. The van der Waals surface area contributed by atoms with E-state index in [1.165, 1.54) is 135 Å². The molecule has 0 bridgehead atoms. The number of carboxylic acids is 1. The molecule has 9 heteroatoms. The van der Waals surface area contributed by atoms with Gasteiger partial charge in [-0.3, -0.25) is 9.59 Å². The van der Waals surface area contributed by atoms with Crippen molar-refractivity contribution in [1.29, 1.82) is 0 Å². The fraction of sp³-hybridized carbons (Fsp3) is 0.648. The van der Waals surface area contributed by atoms with Crippen LogP contribution in [-0.2, 0) is 33.3 Å². The number of likely N-dealkylation sites (N-methyl/N-ethyl adjacent to an activating group) is 1. The molecule has 0 aliphatic heterocycles. The molecule has 9 nitrogen and oxygen atoms in total. The molecule has 2 atom stereocenters. The Kier molecular flexibility index (Phi) is 72.2. The highest BCUT2D eigenvalue weighted by Crippen LogP contribution is 2.17. The van der Waals surface area contributed by atoms with Crippen molar-refractivity contribution in [3.63, 3.8) is 0 Å². The Hall–Kier alpha value is -5.35. The molecule has 0 saturated carbocycles. The second kappa shape index (κ2) is 76.4. The molecule has 0 saturated heterocycles. The molecule has 97 heavy (non-hydrogen) atoms. The fourth-order valence-corrected chi connectivity index (χ4v) is 10.6. The van der Waals surface area contributed by atoms with Gasteiger partial charge in [-0.2, -0.15) is 0 Å². The topological polar surface area (TPSA) is 111 Å². The number of ether oxygens (including phenoxy) is 4. The summed E-state index contributed by atoms with van der Waals surface area (Å²) in [6, 6.07) is 0. The van der Waals surface area contributed by atoms with Crippen LogP contribution < -0.4 is 5.11 Å². The Morgan fingerprint density at radius 2 is 0.557 bits per heavy atom. The molecule has 0 aliphatic carbocycles. The number of aliphatic carboxylic acids is 1. The number of nitrogens with zero attached hydrogens (tertiary/aromatic N) is 1. The molecule has 0 spiro atoms. The largest absolute Gasteiger partial charge is 0.545 e. The number of carbonyl (C=O) groups is 3. The zero-order valence-corrected chi connectivity index (χ0v) is 62.9. The molecule has 0 fully saturated rings. The van der Waals surface area contributed by atoms with Gasteiger partial charge in [0.25, 0.3) is 0 Å². The number of rotatable bonds is 71. The summed E-state index contributed by atoms with van der Waals surface area (Å²) >= 11 is 0. The zero-order valence-electron chi connectivity index (χ0n) is 62.9. The van der Waals surface area contributed by atoms with Gasteiger partial charge in [0.1, 0.15) is 13.2 Å². The van der Waals surface area contributed by atoms with Crippen LogP contribution in [0.3, 0.4) is 0 Å². The number of carbonyl (C=O) groups excluding carboxylic acids is 3. The minimum atomic E-state index is -1.63. The lowest BCUT2D eigenvalue weighted by atomic mass is 10.0. The van der Waals surface area contributed by atoms with Gasteiger partial charge in [0.2, 0.25) is 0 Å². The van der Waals surface area contributed by atoms with Gasteiger partial charge in [-0.15, -0.1) is 0 Å². The average molecular weight is 1350 g/mol. The third kappa shape index (κ3) is 77.9. The highest BCUT2D eigenvalue weighted by molar-refractivity contribution is 5.70. The first-order valence-corrected chi connectivity index (χ1v) is 39.3. The summed E-state index contributed by atoms with van der Waals surface area (Å²) in [5, 5.41) is 11.9. The molecule has 0 amide bonds. The van der Waals surface area contributed by atoms with Gasteiger partial charge < -0.3 is 33.3 Å². The third-order valence-electron chi connectivity index (χ3n) is 16.5. The van der Waals surface area contributed by atoms with Crippen molar-refractivity contribution >= 4 is 17.9 Å². The van der Waals surface area contributed by atoms with Crippen LogP contribution in [0.1, 0.15) is 309 Å². The van der Waals surface area contributed by atoms with E-state index in [-0.39, 0.29) is 38.6 Å². The number of unbranched alkanes of at least 4 members (excludes halogenated alkanes) is 28. The highest BCUT2D eigenvalue weighted by Gasteiger charge is 2.22. The second-order valence-corrected chi connectivity index (χ2v) is 26.9. The van der Waals surface area contributed by atoms with Crippen LogP contribution >= 0.6 is 0 Å². The number of esters is 2. The molecular formula is C88H145NO8. The van der Waals surface area contributed by atoms with Crippen molar-refractivity contribution in [2.24, 2.45) is 0 Å². The number of quaternary nitrogens is 1. The number of hydrogen-bond donors (Lipinski definition) is 0. The van der Waals surface area contributed by atoms with E-state index in [4.69, 9.17) is 18.9 Å². The van der Waals surface area contributed by atoms with Gasteiger partial charge in [0.15, 0.2) is 12.4 Å². The predicted octanol–water partition coefficient (Wildman–Crippen LogP) is 24.0. The molecule has 0 N–H and O–H groups in total. The van der Waals surface area contributed by atoms with Crippen LogP contribution in [0, 0.1) is 0 Å². The first kappa shape index (κ1) is 91.6. The van der Waals surface area contributed by atoms with Crippen molar-refractivity contribution in [2.45, 2.75) is 322 Å². The number of allylic oxidation sites excluding steroid dienone is 28. The number of carboxylic acid groups (broad SMARTS) is 1. The zero-order chi connectivity index (χ0) is 70.4. The first-order chi connectivity index (χ1) is 47.6. The average Bonchev–Trinajstić information content (AvgIpc) is 3.27. The van der Waals surface area contributed by atoms with Crippen molar-refractivity contribution in [1.82, 2.24) is 0 Å². The van der Waals surface area contributed by atoms with Gasteiger partial charge in [-0.25, -0.2) is 0 Å². The van der Waals surface area contributed by atoms with E-state index in [1.54, 1.807) is 0 Å². The summed E-state index contributed by atoms with van der Waals surface area (Å²) in [5.41, 5.74) is 0. The lowest BCUT2D eigenvalue weighted by Gasteiger charge is -2.26. The second-order valence-electron chi connectivity index (χ2n) is 26.9. The monoisotopic (exact) mass is 1340 g/mol. The van der Waals surface area contributed by atoms with E-state index in [2.05, 4.69) is 184 Å². The van der Waals surface area contributed by atoms with Gasteiger partial charge >= 0.3 is 11.9 Å². The Labute approximate surface area is 597 Å². The van der Waals surface area contributed by atoms with Crippen LogP contribution in [0.2, 0.25) is 0 Å². The van der Waals surface area contributed by atoms with E-state index in [1.807, 2.05) is 21.1 Å². The van der Waals surface area contributed by atoms with Crippen molar-refractivity contribution in [3.05, 3.63) is 170 Å². The summed E-state index contributed by atoms with van der Waals surface area (Å²) in [6.07, 6.45) is 112. The molecule has 0 aromatic heterocycles. The standard InChI is InChI=1S/C88H145NO8/c1-6-8-10-12-14-16-18-20-22-24-26-28-30-32-34-36-38-39-40-41-42-43-44-45-46-47-49-51-53-55-57-59-61-63-65-67-69-71-73-75-77-79-86(91)97-84(83-96-88(87(92)93)94-81-80-89(3,4)5)82-95-85(90)78-76-74-72-70-68-66-64-62-60-58-56-54-52-50-48-37-35-33-31-29-27-25-23-21-19-17-15-13-11-9-7-2/h8-11,14-17,20-23,26-29,32-35,38-39,41-42,48,50,54,56,84,88H,6-7,12-13,18-19,24-25,30-31,36-37,40,43-47,49,51-53,55,57-83H2,1-5H3/b10-8-,11-9-,16-14-,17-15-,22-20-,23-21-,28-26-,29-27-,34-32-,35-33-,39-38-,42-41-,50-48-,56-54-. The quantitative estimate of drug-likeness (QED) is 0.0195. The molecule has 0 radical (unpaired) electrons. The maximum absolute atomic E-state index is 13.0. The molecule has 550 valence electrons. The van der Waals surface area contributed by atoms with Crippen molar-refractivity contribution in [3.8, 4) is 0 Å². The minimum Gasteiger partial charge on any atom is -0.545 e. The molecule has 0 aromatic carbocycles. The van der Waals surface area contributed by atoms with Crippen LogP contribution in [0.25, 0.3) is 0 Å². The lowest BCUT2D eigenvalue weighted by Crippen LogP contribution is -2.44. The molecule has 0 aromatic rings. The summed E-state index contributed by atoms with van der Waals surface area (Å²) < 4.78 is 22.8. The van der Waals surface area contributed by atoms with Crippen molar-refractivity contribution < 1.29 is 42.9 Å². The van der Waals surface area contributed by atoms with Crippen LogP contribution in [0.4, 0.5) is 0 Å². The summed E-state index contributed by atoms with van der Waals surface area (Å²) in [6.45, 7) is 4.52. The van der Waals surface area contributed by atoms with Gasteiger partial charge in [0.05, 0.1) is 40.3 Å². The summed E-state index contributed by atoms with van der Waals surface area (Å²) in [7, 11) is 5.93. The molecule has 0 heterocycles. The van der Waals surface area contributed by atoms with Crippen molar-refractivity contribution in [2.75, 3.05) is 47.5 Å². The minimum absolute atomic E-state index is 0.141. The fourth-order valence-electron chi connectivity index (χ4n) is 10.6. The maximum Gasteiger partial charge on any atom is 0.306 e. The van der Waals surface area contributed by atoms with Crippen LogP contribution in [-0.4, -0.2) is 82.3 Å². The number of hydrogen-bond acceptors (Lipinski definition) is 8. The van der Waals surface area contributed by atoms with Gasteiger partial charge in [-0.1, -0.05) is 338 Å². The van der Waals surface area contributed by atoms with E-state index < -0.39 is 24.3 Å². The van der Waals surface area contributed by atoms with Gasteiger partial charge in [0, 0.05) is 12.8 Å². The maximum atomic E-state index is 13.0.